The monoisotopic (exact) mass is 507 g/mol. The van der Waals surface area contributed by atoms with Crippen molar-refractivity contribution in [1.29, 1.82) is 5.41 Å². The highest BCUT2D eigenvalue weighted by molar-refractivity contribution is 6.42. The molecule has 6 N–H and O–H groups in total. The molecule has 0 saturated carbocycles. The fourth-order valence-corrected chi connectivity index (χ4v) is 3.54. The van der Waals surface area contributed by atoms with Crippen LogP contribution in [0.4, 0.5) is 0 Å². The number of hydrogen-bond donors (Lipinski definition) is 5. The minimum absolute atomic E-state index is 0.0630. The van der Waals surface area contributed by atoms with Crippen molar-refractivity contribution < 1.29 is 19.5 Å². The fourth-order valence-electron chi connectivity index (χ4n) is 3.22. The third-order valence-corrected chi connectivity index (χ3v) is 5.60. The summed E-state index contributed by atoms with van der Waals surface area (Å²) in [4.78, 5) is 37.6. The Kier molecular flexibility index (Phi) is 10.8. The number of ketones is 1. The van der Waals surface area contributed by atoms with Gasteiger partial charge in [0.15, 0.2) is 5.96 Å². The first kappa shape index (κ1) is 27.1. The van der Waals surface area contributed by atoms with Crippen LogP contribution in [0.1, 0.15) is 30.4 Å². The Hall–Kier alpha value is -3.14. The molecule has 0 bridgehead atoms. The Bertz CT molecular complexity index is 1020. The Morgan fingerprint density at radius 2 is 1.76 bits per heavy atom. The maximum Gasteiger partial charge on any atom is 0.328 e. The molecule has 0 aliphatic carbocycles. The summed E-state index contributed by atoms with van der Waals surface area (Å²) in [5.74, 6) is -2.45. The number of benzene rings is 2. The van der Waals surface area contributed by atoms with Gasteiger partial charge in [0.2, 0.25) is 5.91 Å². The molecule has 2 rings (SSSR count). The maximum atomic E-state index is 13.0. The van der Waals surface area contributed by atoms with Crippen LogP contribution in [0, 0.1) is 5.41 Å². The van der Waals surface area contributed by atoms with Gasteiger partial charge in [-0.1, -0.05) is 59.6 Å². The molecule has 0 fully saturated rings. The van der Waals surface area contributed by atoms with E-state index in [2.05, 4.69) is 10.7 Å². The molecule has 34 heavy (non-hydrogen) atoms. The Morgan fingerprint density at radius 3 is 2.38 bits per heavy atom. The number of guanidine groups is 1. The Balaban J connectivity index is 2.14. The molecule has 2 aromatic rings. The minimum atomic E-state index is -1.24. The smallest absolute Gasteiger partial charge is 0.328 e. The van der Waals surface area contributed by atoms with Gasteiger partial charge < -0.3 is 16.2 Å². The normalized spacial score (nSPS) is 11.5. The van der Waals surface area contributed by atoms with E-state index in [4.69, 9.17) is 34.3 Å². The summed E-state index contributed by atoms with van der Waals surface area (Å²) < 4.78 is 0. The first-order valence-electron chi connectivity index (χ1n) is 10.5. The highest BCUT2D eigenvalue weighted by Crippen LogP contribution is 2.22. The minimum Gasteiger partial charge on any atom is -0.480 e. The highest BCUT2D eigenvalue weighted by Gasteiger charge is 2.30. The standard InChI is InChI=1S/C23H27Cl2N5O4/c24-18-9-8-16(12-19(18)25)14-29-30(20(22(33)34)7-4-10-28-23(26)27)21(32)13-17(31)11-15-5-2-1-3-6-15/h1-3,5-6,8-9,12,20,29H,4,7,10-11,13-14H2,(H,33,34)(H4,26,27,28)/t20-/m0/s1. The molecule has 2 aromatic carbocycles. The second kappa shape index (κ2) is 13.5. The molecule has 0 aliphatic rings. The van der Waals surface area contributed by atoms with Crippen LogP contribution in [0.3, 0.4) is 0 Å². The van der Waals surface area contributed by atoms with Gasteiger partial charge in [0.1, 0.15) is 11.8 Å². The Labute approximate surface area is 207 Å². The van der Waals surface area contributed by atoms with Gasteiger partial charge in [-0.3, -0.25) is 20.0 Å². The van der Waals surface area contributed by atoms with E-state index in [1.165, 1.54) is 0 Å². The lowest BCUT2D eigenvalue weighted by atomic mass is 10.1. The molecule has 0 aliphatic heterocycles. The molecule has 9 nitrogen and oxygen atoms in total. The number of nitrogens with one attached hydrogen (secondary N) is 3. The summed E-state index contributed by atoms with van der Waals surface area (Å²) in [5.41, 5.74) is 9.53. The molecular formula is C23H27Cl2N5O4. The number of amides is 1. The lowest BCUT2D eigenvalue weighted by Gasteiger charge is -2.29. The maximum absolute atomic E-state index is 13.0. The van der Waals surface area contributed by atoms with Crippen molar-refractivity contribution in [2.24, 2.45) is 5.73 Å². The summed E-state index contributed by atoms with van der Waals surface area (Å²) in [7, 11) is 0. The molecule has 182 valence electrons. The lowest BCUT2D eigenvalue weighted by molar-refractivity contribution is -0.155. The summed E-state index contributed by atoms with van der Waals surface area (Å²) in [6, 6.07) is 12.6. The molecule has 0 radical (unpaired) electrons. The number of aliphatic carboxylic acids is 1. The number of rotatable bonds is 13. The molecule has 0 unspecified atom stereocenters. The second-order valence-corrected chi connectivity index (χ2v) is 8.38. The SMILES string of the molecule is N=C(N)NCCC[C@@H](C(=O)O)N(NCc1ccc(Cl)c(Cl)c1)C(=O)CC(=O)Cc1ccccc1. The van der Waals surface area contributed by atoms with Crippen LogP contribution >= 0.6 is 23.2 Å². The second-order valence-electron chi connectivity index (χ2n) is 7.56. The van der Waals surface area contributed by atoms with Crippen molar-refractivity contribution in [1.82, 2.24) is 15.8 Å². The largest absolute Gasteiger partial charge is 0.480 e. The number of carboxylic acids is 1. The van der Waals surface area contributed by atoms with E-state index >= 15 is 0 Å². The van der Waals surface area contributed by atoms with E-state index in [-0.39, 0.29) is 37.7 Å². The number of carbonyl (C=O) groups excluding carboxylic acids is 2. The number of hydrogen-bond acceptors (Lipinski definition) is 5. The zero-order valence-electron chi connectivity index (χ0n) is 18.4. The predicted molar refractivity (Wildman–Crippen MR) is 130 cm³/mol. The number of halogens is 2. The number of hydrazine groups is 1. The van der Waals surface area contributed by atoms with Gasteiger partial charge >= 0.3 is 5.97 Å². The lowest BCUT2D eigenvalue weighted by Crippen LogP contribution is -2.53. The van der Waals surface area contributed by atoms with Crippen molar-refractivity contribution in [3.63, 3.8) is 0 Å². The summed E-state index contributed by atoms with van der Waals surface area (Å²) >= 11 is 12.0. The van der Waals surface area contributed by atoms with Crippen molar-refractivity contribution in [2.75, 3.05) is 6.54 Å². The molecule has 0 saturated heterocycles. The third kappa shape index (κ3) is 9.01. The van der Waals surface area contributed by atoms with Crippen molar-refractivity contribution in [3.05, 3.63) is 69.7 Å². The fraction of sp³-hybridized carbons (Fsp3) is 0.304. The van der Waals surface area contributed by atoms with Crippen LogP contribution in [-0.2, 0) is 27.3 Å². The topological polar surface area (TPSA) is 149 Å². The number of Topliss-reactive ketones (excluding diaryl/α,β-unsaturated/α-hetero) is 1. The van der Waals surface area contributed by atoms with Crippen LogP contribution < -0.4 is 16.5 Å². The average Bonchev–Trinajstić information content (AvgIpc) is 2.77. The van der Waals surface area contributed by atoms with Crippen molar-refractivity contribution in [2.45, 2.75) is 38.3 Å². The van der Waals surface area contributed by atoms with E-state index in [9.17, 15) is 19.5 Å². The summed E-state index contributed by atoms with van der Waals surface area (Å²) in [6.45, 7) is 0.353. The van der Waals surface area contributed by atoms with Crippen LogP contribution in [0.15, 0.2) is 48.5 Å². The number of nitrogens with zero attached hydrogens (tertiary/aromatic N) is 1. The van der Waals surface area contributed by atoms with Gasteiger partial charge in [0.05, 0.1) is 16.5 Å². The molecule has 11 heteroatoms. The zero-order chi connectivity index (χ0) is 25.1. The predicted octanol–water partition coefficient (Wildman–Crippen LogP) is 2.74. The van der Waals surface area contributed by atoms with E-state index in [1.54, 1.807) is 42.5 Å². The highest BCUT2D eigenvalue weighted by atomic mass is 35.5. The van der Waals surface area contributed by atoms with Gasteiger partial charge in [-0.05, 0) is 36.1 Å². The van der Waals surface area contributed by atoms with Gasteiger partial charge in [0.25, 0.3) is 0 Å². The van der Waals surface area contributed by atoms with Crippen LogP contribution in [0.25, 0.3) is 0 Å². The van der Waals surface area contributed by atoms with Gasteiger partial charge in [-0.25, -0.2) is 10.2 Å². The van der Waals surface area contributed by atoms with E-state index in [0.29, 0.717) is 22.0 Å². The third-order valence-electron chi connectivity index (χ3n) is 4.87. The molecular weight excluding hydrogens is 481 g/mol. The average molecular weight is 508 g/mol. The van der Waals surface area contributed by atoms with Crippen LogP contribution in [0.5, 0.6) is 0 Å². The van der Waals surface area contributed by atoms with Gasteiger partial charge in [0, 0.05) is 19.5 Å². The quantitative estimate of drug-likeness (QED) is 0.0919. The van der Waals surface area contributed by atoms with E-state index < -0.39 is 24.3 Å². The molecule has 1 amide bonds. The molecule has 0 aromatic heterocycles. The molecule has 0 heterocycles. The Morgan fingerprint density at radius 1 is 1.06 bits per heavy atom. The van der Waals surface area contributed by atoms with E-state index in [1.807, 2.05) is 6.07 Å². The van der Waals surface area contributed by atoms with E-state index in [0.717, 1.165) is 10.6 Å². The summed E-state index contributed by atoms with van der Waals surface area (Å²) in [6.07, 6.45) is 0.00156. The molecule has 0 spiro atoms. The summed E-state index contributed by atoms with van der Waals surface area (Å²) in [5, 5.41) is 21.3. The van der Waals surface area contributed by atoms with Crippen LogP contribution in [0.2, 0.25) is 10.0 Å². The number of carboxylic acid groups (broad SMARTS) is 1. The molecule has 1 atom stereocenters. The first-order chi connectivity index (χ1) is 16.2. The van der Waals surface area contributed by atoms with Gasteiger partial charge in [-0.15, -0.1) is 0 Å². The van der Waals surface area contributed by atoms with Crippen molar-refractivity contribution in [3.8, 4) is 0 Å². The zero-order valence-corrected chi connectivity index (χ0v) is 19.9. The first-order valence-corrected chi connectivity index (χ1v) is 11.3. The van der Waals surface area contributed by atoms with Crippen LogP contribution in [-0.4, -0.2) is 46.3 Å². The number of carbonyl (C=O) groups is 3. The van der Waals surface area contributed by atoms with Crippen molar-refractivity contribution >= 4 is 46.8 Å². The number of nitrogens with two attached hydrogens (primary N) is 1. The van der Waals surface area contributed by atoms with Gasteiger partial charge in [-0.2, -0.15) is 0 Å².